The van der Waals surface area contributed by atoms with E-state index in [2.05, 4.69) is 38.2 Å². The van der Waals surface area contributed by atoms with Crippen molar-refractivity contribution in [2.45, 2.75) is 155 Å². The van der Waals surface area contributed by atoms with Gasteiger partial charge in [-0.1, -0.05) is 115 Å². The first-order valence-corrected chi connectivity index (χ1v) is 20.0. The number of rotatable bonds is 33. The second-order valence-corrected chi connectivity index (χ2v) is 15.0. The van der Waals surface area contributed by atoms with Gasteiger partial charge in [0.25, 0.3) is 7.82 Å². The van der Waals surface area contributed by atoms with Crippen molar-refractivity contribution in [1.29, 1.82) is 0 Å². The molecule has 47 heavy (non-hydrogen) atoms. The third kappa shape index (κ3) is 34.2. The molecule has 0 aliphatic heterocycles. The molecule has 0 rings (SSSR count). The van der Waals surface area contributed by atoms with E-state index < -0.39 is 32.5 Å². The van der Waals surface area contributed by atoms with E-state index >= 15 is 0 Å². The molecule has 0 aromatic heterocycles. The summed E-state index contributed by atoms with van der Waals surface area (Å²) in [4.78, 5) is 37.0. The van der Waals surface area contributed by atoms with Gasteiger partial charge in [0.1, 0.15) is 19.8 Å². The van der Waals surface area contributed by atoms with Crippen molar-refractivity contribution in [3.05, 3.63) is 24.3 Å². The third-order valence-electron chi connectivity index (χ3n) is 7.72. The molecular weight excluding hydrogens is 617 g/mol. The van der Waals surface area contributed by atoms with Gasteiger partial charge in [-0.3, -0.25) is 14.2 Å². The molecule has 10 heteroatoms. The lowest BCUT2D eigenvalue weighted by Crippen LogP contribution is -2.37. The van der Waals surface area contributed by atoms with Crippen molar-refractivity contribution in [2.75, 3.05) is 47.5 Å². The van der Waals surface area contributed by atoms with Crippen LogP contribution in [0, 0.1) is 0 Å². The number of hydrogen-bond acceptors (Lipinski definition) is 8. The number of likely N-dealkylation sites (N-methyl/N-ethyl adjacent to an activating group) is 1. The summed E-state index contributed by atoms with van der Waals surface area (Å²) in [5.41, 5.74) is 0. The quantitative estimate of drug-likeness (QED) is 0.0221. The van der Waals surface area contributed by atoms with Crippen LogP contribution in [-0.4, -0.2) is 70.0 Å². The molecule has 0 saturated carbocycles. The number of allylic oxidation sites excluding steroid dienone is 4. The molecule has 0 aliphatic rings. The molecule has 9 nitrogen and oxygen atoms in total. The molecule has 0 bridgehead atoms. The molecule has 0 saturated heterocycles. The molecule has 0 spiro atoms. The van der Waals surface area contributed by atoms with E-state index in [-0.39, 0.29) is 26.1 Å². The summed E-state index contributed by atoms with van der Waals surface area (Å²) < 4.78 is 33.5. The minimum Gasteiger partial charge on any atom is -0.756 e. The van der Waals surface area contributed by atoms with Crippen LogP contribution in [0.3, 0.4) is 0 Å². The van der Waals surface area contributed by atoms with Gasteiger partial charge in [0, 0.05) is 12.8 Å². The maximum atomic E-state index is 12.5. The summed E-state index contributed by atoms with van der Waals surface area (Å²) in [7, 11) is 1.16. The van der Waals surface area contributed by atoms with Crippen LogP contribution in [0.1, 0.15) is 149 Å². The SMILES string of the molecule is CCCCCC/C=C\C/C=C\CCCCCCCCCC(=O)OC(COC(=O)CCCCCCC)COP(=O)([O-])OCC[N+](C)(C)C. The summed E-state index contributed by atoms with van der Waals surface area (Å²) in [6.07, 6.45) is 29.6. The summed E-state index contributed by atoms with van der Waals surface area (Å²) >= 11 is 0. The fraction of sp³-hybridized carbons (Fsp3) is 0.838. The Morgan fingerprint density at radius 3 is 1.70 bits per heavy atom. The van der Waals surface area contributed by atoms with Crippen LogP contribution >= 0.6 is 7.82 Å². The number of nitrogens with zero attached hydrogens (tertiary/aromatic N) is 1. The average molecular weight is 688 g/mol. The number of quaternary nitrogens is 1. The lowest BCUT2D eigenvalue weighted by atomic mass is 10.1. The van der Waals surface area contributed by atoms with E-state index in [1.807, 2.05) is 21.1 Å². The van der Waals surface area contributed by atoms with E-state index in [9.17, 15) is 19.0 Å². The number of carbonyl (C=O) groups is 2. The molecule has 276 valence electrons. The van der Waals surface area contributed by atoms with Crippen LogP contribution in [-0.2, 0) is 32.7 Å². The predicted molar refractivity (Wildman–Crippen MR) is 190 cm³/mol. The Morgan fingerprint density at radius 1 is 0.660 bits per heavy atom. The predicted octanol–water partition coefficient (Wildman–Crippen LogP) is 8.99. The Labute approximate surface area is 288 Å². The molecule has 2 unspecified atom stereocenters. The fourth-order valence-corrected chi connectivity index (χ4v) is 5.47. The second kappa shape index (κ2) is 30.5. The Balaban J connectivity index is 4.30. The number of hydrogen-bond donors (Lipinski definition) is 0. The van der Waals surface area contributed by atoms with Crippen molar-refractivity contribution in [3.8, 4) is 0 Å². The van der Waals surface area contributed by atoms with Crippen LogP contribution < -0.4 is 4.89 Å². The second-order valence-electron chi connectivity index (χ2n) is 13.6. The molecule has 0 aromatic rings. The van der Waals surface area contributed by atoms with Crippen LogP contribution in [0.5, 0.6) is 0 Å². The summed E-state index contributed by atoms with van der Waals surface area (Å²) in [6, 6.07) is 0. The molecule has 0 aromatic carbocycles. The summed E-state index contributed by atoms with van der Waals surface area (Å²) in [6.45, 7) is 4.08. The van der Waals surface area contributed by atoms with Crippen LogP contribution in [0.4, 0.5) is 0 Å². The molecule has 2 atom stereocenters. The Morgan fingerprint density at radius 2 is 1.15 bits per heavy atom. The average Bonchev–Trinajstić information content (AvgIpc) is 3.01. The van der Waals surface area contributed by atoms with Crippen molar-refractivity contribution < 1.29 is 42.1 Å². The van der Waals surface area contributed by atoms with E-state index in [1.165, 1.54) is 51.4 Å². The van der Waals surface area contributed by atoms with E-state index in [1.54, 1.807) is 0 Å². The van der Waals surface area contributed by atoms with E-state index in [4.69, 9.17) is 18.5 Å². The maximum absolute atomic E-state index is 12.5. The maximum Gasteiger partial charge on any atom is 0.306 e. The number of unbranched alkanes of at least 4 members (excludes halogenated alkanes) is 15. The highest BCUT2D eigenvalue weighted by Gasteiger charge is 2.21. The lowest BCUT2D eigenvalue weighted by molar-refractivity contribution is -0.870. The molecule has 0 fully saturated rings. The molecule has 0 amide bonds. The van der Waals surface area contributed by atoms with Crippen molar-refractivity contribution >= 4 is 19.8 Å². The normalized spacial score (nSPS) is 14.1. The number of phosphoric acid groups is 1. The molecule has 0 aliphatic carbocycles. The van der Waals surface area contributed by atoms with Gasteiger partial charge in [-0.25, -0.2) is 0 Å². The molecular formula is C37H70NO8P. The Bertz CT molecular complexity index is 871. The zero-order chi connectivity index (χ0) is 35.1. The highest BCUT2D eigenvalue weighted by molar-refractivity contribution is 7.45. The van der Waals surface area contributed by atoms with E-state index in [0.717, 1.165) is 64.2 Å². The number of ether oxygens (including phenoxy) is 2. The van der Waals surface area contributed by atoms with Gasteiger partial charge in [-0.2, -0.15) is 0 Å². The molecule has 0 heterocycles. The highest BCUT2D eigenvalue weighted by atomic mass is 31.2. The Kier molecular flexibility index (Phi) is 29.6. The number of carbonyl (C=O) groups excluding carboxylic acids is 2. The van der Waals surface area contributed by atoms with Gasteiger partial charge in [0.15, 0.2) is 6.10 Å². The van der Waals surface area contributed by atoms with Crippen molar-refractivity contribution in [1.82, 2.24) is 0 Å². The number of esters is 2. The lowest BCUT2D eigenvalue weighted by Gasteiger charge is -2.28. The first kappa shape index (κ1) is 45.5. The minimum atomic E-state index is -4.61. The van der Waals surface area contributed by atoms with Gasteiger partial charge in [-0.15, -0.1) is 0 Å². The van der Waals surface area contributed by atoms with Gasteiger partial charge in [-0.05, 0) is 44.9 Å². The molecule has 0 radical (unpaired) electrons. The smallest absolute Gasteiger partial charge is 0.306 e. The minimum absolute atomic E-state index is 0.0318. The summed E-state index contributed by atoms with van der Waals surface area (Å²) in [5.74, 6) is -0.859. The highest BCUT2D eigenvalue weighted by Crippen LogP contribution is 2.38. The zero-order valence-corrected chi connectivity index (χ0v) is 31.6. The van der Waals surface area contributed by atoms with Crippen LogP contribution in [0.25, 0.3) is 0 Å². The first-order chi connectivity index (χ1) is 22.5. The summed E-state index contributed by atoms with van der Waals surface area (Å²) in [5, 5.41) is 0. The first-order valence-electron chi connectivity index (χ1n) is 18.5. The van der Waals surface area contributed by atoms with Gasteiger partial charge < -0.3 is 27.9 Å². The van der Waals surface area contributed by atoms with Crippen LogP contribution in [0.2, 0.25) is 0 Å². The van der Waals surface area contributed by atoms with Gasteiger partial charge in [0.2, 0.25) is 0 Å². The topological polar surface area (TPSA) is 111 Å². The third-order valence-corrected chi connectivity index (χ3v) is 8.69. The zero-order valence-electron chi connectivity index (χ0n) is 30.7. The number of phosphoric ester groups is 1. The van der Waals surface area contributed by atoms with E-state index in [0.29, 0.717) is 17.4 Å². The van der Waals surface area contributed by atoms with Crippen molar-refractivity contribution in [2.24, 2.45) is 0 Å². The van der Waals surface area contributed by atoms with Crippen LogP contribution in [0.15, 0.2) is 24.3 Å². The monoisotopic (exact) mass is 687 g/mol. The molecule has 0 N–H and O–H groups in total. The largest absolute Gasteiger partial charge is 0.756 e. The van der Waals surface area contributed by atoms with Gasteiger partial charge >= 0.3 is 11.9 Å². The standard InChI is InChI=1S/C37H70NO8P/c1-6-8-10-12-13-14-15-16-17-18-19-20-21-22-23-24-26-28-30-37(40)46-35(33-43-36(39)29-27-25-11-9-7-2)34-45-47(41,42)44-32-31-38(3,4)5/h14-15,17-18,35H,6-13,16,19-34H2,1-5H3/b15-14-,18-17-. The fourth-order valence-electron chi connectivity index (χ4n) is 4.74. The Hall–Kier alpha value is -1.51. The van der Waals surface area contributed by atoms with Gasteiger partial charge in [0.05, 0.1) is 27.7 Å². The van der Waals surface area contributed by atoms with Crippen molar-refractivity contribution in [3.63, 3.8) is 0 Å².